The lowest BCUT2D eigenvalue weighted by Crippen LogP contribution is -2.09. The molecule has 13 heavy (non-hydrogen) atoms. The van der Waals surface area contributed by atoms with E-state index in [2.05, 4.69) is 6.58 Å². The highest BCUT2D eigenvalue weighted by Crippen LogP contribution is 2.25. The van der Waals surface area contributed by atoms with E-state index in [0.717, 1.165) is 11.3 Å². The molecule has 0 aliphatic heterocycles. The first-order valence-electron chi connectivity index (χ1n) is 3.75. The van der Waals surface area contributed by atoms with Crippen LogP contribution in [0.25, 0.3) is 0 Å². The van der Waals surface area contributed by atoms with E-state index in [1.807, 2.05) is 0 Å². The van der Waals surface area contributed by atoms with Crippen LogP contribution in [0, 0.1) is 0 Å². The smallest absolute Gasteiger partial charge is 0.349 e. The Morgan fingerprint density at radius 2 is 2.54 bits per heavy atom. The maximum Gasteiger partial charge on any atom is 0.349 e. The Balaban J connectivity index is 2.82. The van der Waals surface area contributed by atoms with Gasteiger partial charge in [-0.05, 0) is 18.4 Å². The average Bonchev–Trinajstić information content (AvgIpc) is 2.52. The van der Waals surface area contributed by atoms with E-state index in [0.29, 0.717) is 5.75 Å². The Kier molecular flexibility index (Phi) is 3.08. The number of ether oxygens (including phenoxy) is 1. The third-order valence-electron chi connectivity index (χ3n) is 1.47. The number of rotatable bonds is 4. The van der Waals surface area contributed by atoms with Gasteiger partial charge in [0, 0.05) is 0 Å². The number of carboxylic acids is 1. The van der Waals surface area contributed by atoms with Gasteiger partial charge in [0.2, 0.25) is 0 Å². The minimum Gasteiger partial charge on any atom is -0.485 e. The zero-order valence-electron chi connectivity index (χ0n) is 7.19. The highest BCUT2D eigenvalue weighted by Gasteiger charge is 2.13. The van der Waals surface area contributed by atoms with Gasteiger partial charge in [0.1, 0.15) is 11.9 Å². The topological polar surface area (TPSA) is 46.5 Å². The quantitative estimate of drug-likeness (QED) is 0.755. The van der Waals surface area contributed by atoms with E-state index in [1.165, 1.54) is 0 Å². The van der Waals surface area contributed by atoms with Gasteiger partial charge in [0.15, 0.2) is 4.88 Å². The van der Waals surface area contributed by atoms with Gasteiger partial charge in [-0.25, -0.2) is 4.79 Å². The Morgan fingerprint density at radius 1 is 1.85 bits per heavy atom. The number of aromatic carboxylic acids is 1. The molecule has 0 aliphatic carbocycles. The first kappa shape index (κ1) is 9.80. The van der Waals surface area contributed by atoms with Crippen molar-refractivity contribution in [1.29, 1.82) is 0 Å². The number of hydrogen-bond donors (Lipinski definition) is 1. The van der Waals surface area contributed by atoms with Gasteiger partial charge < -0.3 is 9.84 Å². The summed E-state index contributed by atoms with van der Waals surface area (Å²) in [5.41, 5.74) is 0. The highest BCUT2D eigenvalue weighted by molar-refractivity contribution is 7.12. The molecule has 0 amide bonds. The van der Waals surface area contributed by atoms with Gasteiger partial charge >= 0.3 is 5.97 Å². The lowest BCUT2D eigenvalue weighted by molar-refractivity contribution is 0.0697. The Bertz CT molecular complexity index is 316. The standard InChI is InChI=1S/C9H10O3S/c1-3-6(2)12-7-4-5-13-8(7)9(10)11/h3-6H,1H2,2H3,(H,10,11). The molecule has 0 saturated carbocycles. The SMILES string of the molecule is C=CC(C)Oc1ccsc1C(=O)O. The number of carboxylic acid groups (broad SMARTS) is 1. The lowest BCUT2D eigenvalue weighted by Gasteiger charge is -2.08. The summed E-state index contributed by atoms with van der Waals surface area (Å²) >= 11 is 1.15. The van der Waals surface area contributed by atoms with Crippen LogP contribution < -0.4 is 4.74 Å². The summed E-state index contributed by atoms with van der Waals surface area (Å²) in [5.74, 6) is -0.550. The third kappa shape index (κ3) is 2.32. The molecule has 0 aromatic carbocycles. The number of thiophene rings is 1. The molecule has 1 rings (SSSR count). The van der Waals surface area contributed by atoms with Gasteiger partial charge in [0.05, 0.1) is 0 Å². The van der Waals surface area contributed by atoms with Crippen LogP contribution in [0.4, 0.5) is 0 Å². The van der Waals surface area contributed by atoms with E-state index in [9.17, 15) is 4.79 Å². The van der Waals surface area contributed by atoms with Crippen LogP contribution in [0.1, 0.15) is 16.6 Å². The second-order valence-corrected chi connectivity index (χ2v) is 3.39. The fourth-order valence-corrected chi connectivity index (χ4v) is 1.46. The molecule has 1 heterocycles. The molecule has 0 radical (unpaired) electrons. The second-order valence-electron chi connectivity index (χ2n) is 2.48. The van der Waals surface area contributed by atoms with Crippen molar-refractivity contribution in [1.82, 2.24) is 0 Å². The molecule has 70 valence electrons. The van der Waals surface area contributed by atoms with Gasteiger partial charge in [0.25, 0.3) is 0 Å². The van der Waals surface area contributed by atoms with Crippen LogP contribution in [-0.4, -0.2) is 17.2 Å². The average molecular weight is 198 g/mol. The van der Waals surface area contributed by atoms with E-state index in [-0.39, 0.29) is 11.0 Å². The zero-order chi connectivity index (χ0) is 9.84. The third-order valence-corrected chi connectivity index (χ3v) is 2.35. The summed E-state index contributed by atoms with van der Waals surface area (Å²) in [7, 11) is 0. The van der Waals surface area contributed by atoms with Crippen molar-refractivity contribution in [2.24, 2.45) is 0 Å². The van der Waals surface area contributed by atoms with Gasteiger partial charge in [-0.2, -0.15) is 0 Å². The summed E-state index contributed by atoms with van der Waals surface area (Å²) in [5, 5.41) is 10.4. The molecular weight excluding hydrogens is 188 g/mol. The Morgan fingerprint density at radius 3 is 3.08 bits per heavy atom. The summed E-state index contributed by atoms with van der Waals surface area (Å²) in [6.45, 7) is 5.35. The maximum absolute atomic E-state index is 10.7. The molecule has 1 unspecified atom stereocenters. The van der Waals surface area contributed by atoms with Gasteiger partial charge in [-0.3, -0.25) is 0 Å². The van der Waals surface area contributed by atoms with Crippen LogP contribution in [0.15, 0.2) is 24.1 Å². The summed E-state index contributed by atoms with van der Waals surface area (Å²) in [4.78, 5) is 10.9. The van der Waals surface area contributed by atoms with Crippen LogP contribution in [0.2, 0.25) is 0 Å². The molecule has 0 fully saturated rings. The van der Waals surface area contributed by atoms with Crippen molar-refractivity contribution >= 4 is 17.3 Å². The van der Waals surface area contributed by atoms with E-state index in [1.54, 1.807) is 24.4 Å². The normalized spacial score (nSPS) is 12.1. The molecule has 0 saturated heterocycles. The molecule has 1 aromatic rings. The summed E-state index contributed by atoms with van der Waals surface area (Å²) in [6.07, 6.45) is 1.44. The van der Waals surface area contributed by atoms with E-state index >= 15 is 0 Å². The Labute approximate surface area is 80.3 Å². The highest BCUT2D eigenvalue weighted by atomic mass is 32.1. The second kappa shape index (κ2) is 4.09. The van der Waals surface area contributed by atoms with Crippen molar-refractivity contribution in [3.63, 3.8) is 0 Å². The lowest BCUT2D eigenvalue weighted by atomic mass is 10.4. The fraction of sp³-hybridized carbons (Fsp3) is 0.222. The van der Waals surface area contributed by atoms with Crippen molar-refractivity contribution < 1.29 is 14.6 Å². The molecule has 1 atom stereocenters. The van der Waals surface area contributed by atoms with Crippen molar-refractivity contribution in [2.75, 3.05) is 0 Å². The zero-order valence-corrected chi connectivity index (χ0v) is 8.00. The van der Waals surface area contributed by atoms with Crippen LogP contribution >= 0.6 is 11.3 Å². The molecule has 0 spiro atoms. The first-order valence-corrected chi connectivity index (χ1v) is 4.63. The van der Waals surface area contributed by atoms with Crippen LogP contribution in [0.3, 0.4) is 0 Å². The van der Waals surface area contributed by atoms with Gasteiger partial charge in [-0.1, -0.05) is 12.7 Å². The predicted octanol–water partition coefficient (Wildman–Crippen LogP) is 2.40. The van der Waals surface area contributed by atoms with Crippen molar-refractivity contribution in [3.05, 3.63) is 29.0 Å². The minimum atomic E-state index is -0.957. The number of hydrogen-bond acceptors (Lipinski definition) is 3. The predicted molar refractivity (Wildman–Crippen MR) is 51.6 cm³/mol. The number of carbonyl (C=O) groups is 1. The molecule has 4 heteroatoms. The first-order chi connectivity index (χ1) is 6.15. The van der Waals surface area contributed by atoms with Crippen LogP contribution in [0.5, 0.6) is 5.75 Å². The van der Waals surface area contributed by atoms with Crippen molar-refractivity contribution in [3.8, 4) is 5.75 Å². The monoisotopic (exact) mass is 198 g/mol. The molecular formula is C9H10O3S. The minimum absolute atomic E-state index is 0.173. The molecule has 0 bridgehead atoms. The maximum atomic E-state index is 10.7. The van der Waals surface area contributed by atoms with Gasteiger partial charge in [-0.15, -0.1) is 11.3 Å². The molecule has 3 nitrogen and oxygen atoms in total. The summed E-state index contributed by atoms with van der Waals surface area (Å²) in [6, 6.07) is 1.65. The molecule has 0 aliphatic rings. The molecule has 1 N–H and O–H groups in total. The van der Waals surface area contributed by atoms with Crippen molar-refractivity contribution in [2.45, 2.75) is 13.0 Å². The summed E-state index contributed by atoms with van der Waals surface area (Å²) < 4.78 is 5.31. The Hall–Kier alpha value is -1.29. The van der Waals surface area contributed by atoms with E-state index in [4.69, 9.17) is 9.84 Å². The molecule has 1 aromatic heterocycles. The fourth-order valence-electron chi connectivity index (χ4n) is 0.795. The van der Waals surface area contributed by atoms with Crippen LogP contribution in [-0.2, 0) is 0 Å². The largest absolute Gasteiger partial charge is 0.485 e. The van der Waals surface area contributed by atoms with E-state index < -0.39 is 5.97 Å².